The molecular formula is C24H20ClFN2O3. The van der Waals surface area contributed by atoms with Gasteiger partial charge < -0.3 is 15.0 Å². The summed E-state index contributed by atoms with van der Waals surface area (Å²) in [5.74, 6) is -0.668. The molecule has 0 radical (unpaired) electrons. The van der Waals surface area contributed by atoms with E-state index in [4.69, 9.17) is 16.3 Å². The highest BCUT2D eigenvalue weighted by molar-refractivity contribution is 6.30. The standard InChI is InChI=1S/C24H20ClFN2O3/c1-2-31-21-6-4-3-5-18(21)24(30)28-14-22(29)27-20-12-9-16(25)13-19(20)23(28)15-7-10-17(26)11-8-15/h3-13,23H,2,14H2,1H3,(H,27,29). The van der Waals surface area contributed by atoms with Crippen LogP contribution in [0.1, 0.15) is 34.5 Å². The van der Waals surface area contributed by atoms with Gasteiger partial charge in [-0.2, -0.15) is 0 Å². The van der Waals surface area contributed by atoms with Crippen LogP contribution >= 0.6 is 11.6 Å². The maximum Gasteiger partial charge on any atom is 0.258 e. The van der Waals surface area contributed by atoms with Gasteiger partial charge in [0.2, 0.25) is 5.91 Å². The molecule has 0 fully saturated rings. The summed E-state index contributed by atoms with van der Waals surface area (Å²) in [7, 11) is 0. The summed E-state index contributed by atoms with van der Waals surface area (Å²) in [4.78, 5) is 27.8. The van der Waals surface area contributed by atoms with Crippen LogP contribution < -0.4 is 10.1 Å². The first kappa shape index (κ1) is 20.9. The van der Waals surface area contributed by atoms with Crippen LogP contribution in [0, 0.1) is 5.82 Å². The average molecular weight is 439 g/mol. The molecule has 2 amide bonds. The first-order valence-electron chi connectivity index (χ1n) is 9.85. The minimum absolute atomic E-state index is 0.187. The van der Waals surface area contributed by atoms with Gasteiger partial charge in [0, 0.05) is 16.3 Å². The summed E-state index contributed by atoms with van der Waals surface area (Å²) >= 11 is 6.26. The number of carbonyl (C=O) groups is 2. The normalized spacial score (nSPS) is 15.6. The second-order valence-electron chi connectivity index (χ2n) is 7.10. The molecule has 0 spiro atoms. The number of benzene rings is 3. The van der Waals surface area contributed by atoms with Gasteiger partial charge in [-0.15, -0.1) is 0 Å². The Morgan fingerprint density at radius 3 is 2.65 bits per heavy atom. The maximum absolute atomic E-state index is 13.7. The lowest BCUT2D eigenvalue weighted by atomic mass is 9.95. The van der Waals surface area contributed by atoms with Crippen LogP contribution in [0.15, 0.2) is 66.7 Å². The van der Waals surface area contributed by atoms with Gasteiger partial charge in [-0.05, 0) is 55.0 Å². The number of para-hydroxylation sites is 1. The molecule has 3 aromatic rings. The number of nitrogens with one attached hydrogen (secondary N) is 1. The molecular weight excluding hydrogens is 419 g/mol. The molecule has 1 aliphatic rings. The van der Waals surface area contributed by atoms with E-state index in [9.17, 15) is 14.0 Å². The second kappa shape index (κ2) is 8.78. The Kier molecular flexibility index (Phi) is 5.91. The van der Waals surface area contributed by atoms with Gasteiger partial charge in [0.05, 0.1) is 18.2 Å². The summed E-state index contributed by atoms with van der Waals surface area (Å²) < 4.78 is 19.3. The van der Waals surface area contributed by atoms with Crippen LogP contribution in [0.25, 0.3) is 0 Å². The van der Waals surface area contributed by atoms with Gasteiger partial charge in [0.1, 0.15) is 18.1 Å². The second-order valence-corrected chi connectivity index (χ2v) is 7.53. The van der Waals surface area contributed by atoms with E-state index in [0.29, 0.717) is 39.8 Å². The smallest absolute Gasteiger partial charge is 0.258 e. The number of nitrogens with zero attached hydrogens (tertiary/aromatic N) is 1. The predicted octanol–water partition coefficient (Wildman–Crippen LogP) is 5.06. The molecule has 5 nitrogen and oxygen atoms in total. The van der Waals surface area contributed by atoms with Crippen molar-refractivity contribution in [3.63, 3.8) is 0 Å². The molecule has 1 heterocycles. The Morgan fingerprint density at radius 1 is 1.16 bits per heavy atom. The fourth-order valence-electron chi connectivity index (χ4n) is 3.75. The van der Waals surface area contributed by atoms with Gasteiger partial charge in [0.25, 0.3) is 5.91 Å². The van der Waals surface area contributed by atoms with Crippen molar-refractivity contribution >= 4 is 29.1 Å². The minimum Gasteiger partial charge on any atom is -0.493 e. The number of ether oxygens (including phenoxy) is 1. The zero-order valence-electron chi connectivity index (χ0n) is 16.8. The maximum atomic E-state index is 13.7. The Hall–Kier alpha value is -3.38. The van der Waals surface area contributed by atoms with Crippen molar-refractivity contribution in [3.05, 3.63) is 94.3 Å². The zero-order chi connectivity index (χ0) is 22.0. The SMILES string of the molecule is CCOc1ccccc1C(=O)N1CC(=O)Nc2ccc(Cl)cc2C1c1ccc(F)cc1. The van der Waals surface area contributed by atoms with Gasteiger partial charge in [-0.1, -0.05) is 35.9 Å². The number of hydrogen-bond acceptors (Lipinski definition) is 3. The number of rotatable bonds is 4. The zero-order valence-corrected chi connectivity index (χ0v) is 17.5. The number of amides is 2. The third-order valence-corrected chi connectivity index (χ3v) is 5.31. The molecule has 0 bridgehead atoms. The Labute approximate surface area is 184 Å². The quantitative estimate of drug-likeness (QED) is 0.619. The van der Waals surface area contributed by atoms with Crippen molar-refractivity contribution < 1.29 is 18.7 Å². The molecule has 1 N–H and O–H groups in total. The first-order valence-corrected chi connectivity index (χ1v) is 10.2. The van der Waals surface area contributed by atoms with E-state index in [0.717, 1.165) is 0 Å². The molecule has 3 aromatic carbocycles. The average Bonchev–Trinajstić information content (AvgIpc) is 2.90. The number of carbonyl (C=O) groups excluding carboxylic acids is 2. The fourth-order valence-corrected chi connectivity index (χ4v) is 3.93. The summed E-state index contributed by atoms with van der Waals surface area (Å²) in [5.41, 5.74) is 2.20. The number of halogens is 2. The van der Waals surface area contributed by atoms with E-state index in [1.54, 1.807) is 54.6 Å². The molecule has 0 saturated heterocycles. The van der Waals surface area contributed by atoms with E-state index in [1.165, 1.54) is 17.0 Å². The van der Waals surface area contributed by atoms with E-state index in [-0.39, 0.29) is 18.4 Å². The van der Waals surface area contributed by atoms with E-state index < -0.39 is 11.9 Å². The third kappa shape index (κ3) is 4.25. The summed E-state index contributed by atoms with van der Waals surface area (Å²) in [6, 6.07) is 17.2. The molecule has 4 rings (SSSR count). The van der Waals surface area contributed by atoms with E-state index in [2.05, 4.69) is 5.32 Å². The highest BCUT2D eigenvalue weighted by atomic mass is 35.5. The van der Waals surface area contributed by atoms with Crippen molar-refractivity contribution in [2.24, 2.45) is 0 Å². The molecule has 1 unspecified atom stereocenters. The lowest BCUT2D eigenvalue weighted by Gasteiger charge is -2.31. The molecule has 7 heteroatoms. The summed E-state index contributed by atoms with van der Waals surface area (Å²) in [5, 5.41) is 3.30. The molecule has 1 aliphatic heterocycles. The van der Waals surface area contributed by atoms with Crippen LogP contribution in [-0.2, 0) is 4.79 Å². The topological polar surface area (TPSA) is 58.6 Å². The Balaban J connectivity index is 1.89. The molecule has 31 heavy (non-hydrogen) atoms. The van der Waals surface area contributed by atoms with Crippen molar-refractivity contribution in [2.45, 2.75) is 13.0 Å². The largest absolute Gasteiger partial charge is 0.493 e. The molecule has 0 aliphatic carbocycles. The number of fused-ring (bicyclic) bond motifs is 1. The van der Waals surface area contributed by atoms with E-state index >= 15 is 0 Å². The van der Waals surface area contributed by atoms with Crippen molar-refractivity contribution in [2.75, 3.05) is 18.5 Å². The van der Waals surface area contributed by atoms with Gasteiger partial charge in [-0.25, -0.2) is 4.39 Å². The van der Waals surface area contributed by atoms with Crippen molar-refractivity contribution in [3.8, 4) is 5.75 Å². The molecule has 0 aromatic heterocycles. The van der Waals surface area contributed by atoms with Crippen molar-refractivity contribution in [1.82, 2.24) is 4.90 Å². The Bertz CT molecular complexity index is 1130. The van der Waals surface area contributed by atoms with Gasteiger partial charge in [0.15, 0.2) is 0 Å². The van der Waals surface area contributed by atoms with Gasteiger partial charge in [-0.3, -0.25) is 9.59 Å². The predicted molar refractivity (Wildman–Crippen MR) is 117 cm³/mol. The highest BCUT2D eigenvalue weighted by Gasteiger charge is 2.35. The first-order chi connectivity index (χ1) is 15.0. The minimum atomic E-state index is -0.657. The van der Waals surface area contributed by atoms with Crippen LogP contribution in [0.4, 0.5) is 10.1 Å². The van der Waals surface area contributed by atoms with E-state index in [1.807, 2.05) is 6.92 Å². The summed E-state index contributed by atoms with van der Waals surface area (Å²) in [6.07, 6.45) is 0. The van der Waals surface area contributed by atoms with Crippen LogP contribution in [-0.4, -0.2) is 29.9 Å². The summed E-state index contributed by atoms with van der Waals surface area (Å²) in [6.45, 7) is 2.04. The molecule has 1 atom stereocenters. The Morgan fingerprint density at radius 2 is 1.90 bits per heavy atom. The highest BCUT2D eigenvalue weighted by Crippen LogP contribution is 2.38. The van der Waals surface area contributed by atoms with Crippen LogP contribution in [0.2, 0.25) is 5.02 Å². The van der Waals surface area contributed by atoms with Crippen LogP contribution in [0.5, 0.6) is 5.75 Å². The third-order valence-electron chi connectivity index (χ3n) is 5.07. The number of anilines is 1. The fraction of sp³-hybridized carbons (Fsp3) is 0.167. The van der Waals surface area contributed by atoms with Crippen molar-refractivity contribution in [1.29, 1.82) is 0 Å². The molecule has 0 saturated carbocycles. The monoisotopic (exact) mass is 438 g/mol. The van der Waals surface area contributed by atoms with Gasteiger partial charge >= 0.3 is 0 Å². The lowest BCUT2D eigenvalue weighted by molar-refractivity contribution is -0.117. The lowest BCUT2D eigenvalue weighted by Crippen LogP contribution is -2.39. The number of hydrogen-bond donors (Lipinski definition) is 1. The molecule has 158 valence electrons. The van der Waals surface area contributed by atoms with Crippen LogP contribution in [0.3, 0.4) is 0 Å².